The van der Waals surface area contributed by atoms with Gasteiger partial charge in [0.25, 0.3) is 0 Å². The summed E-state index contributed by atoms with van der Waals surface area (Å²) in [7, 11) is 0. The Morgan fingerprint density at radius 2 is 0.567 bits per heavy atom. The van der Waals surface area contributed by atoms with Gasteiger partial charge < -0.3 is 0 Å². The summed E-state index contributed by atoms with van der Waals surface area (Å²) in [5.41, 5.74) is 0. The number of hydrogen-bond donors (Lipinski definition) is 0. The molecule has 0 radical (unpaired) electrons. The quantitative estimate of drug-likeness (QED) is 0.272. The summed E-state index contributed by atoms with van der Waals surface area (Å²) in [4.78, 5) is 0. The zero-order valence-corrected chi connectivity index (χ0v) is 16.2. The Balaban J connectivity index is -0.0000000335. The molecule has 0 atom stereocenters. The van der Waals surface area contributed by atoms with Crippen LogP contribution in [0.25, 0.3) is 0 Å². The molecule has 0 unspecified atom stereocenters. The molecule has 0 bridgehead atoms. The number of hydrogen-bond acceptors (Lipinski definition) is 0. The van der Waals surface area contributed by atoms with E-state index >= 15 is 0 Å². The van der Waals surface area contributed by atoms with E-state index in [4.69, 9.17) is 0 Å². The van der Waals surface area contributed by atoms with E-state index in [2.05, 4.69) is 26.3 Å². The van der Waals surface area contributed by atoms with Crippen molar-refractivity contribution < 1.29 is 52.7 Å². The van der Waals surface area contributed by atoms with Crippen molar-refractivity contribution in [2.24, 2.45) is 0 Å². The fourth-order valence-electron chi connectivity index (χ4n) is 0.567. The molecule has 0 amide bonds. The molecule has 0 N–H and O–H groups in total. The molecule has 0 aromatic heterocycles. The molecule has 0 aromatic carbocycles. The highest BCUT2D eigenvalue weighted by molar-refractivity contribution is 4.45. The van der Waals surface area contributed by atoms with Gasteiger partial charge in [-0.25, -0.2) is 0 Å². The van der Waals surface area contributed by atoms with Crippen LogP contribution in [-0.4, -0.2) is 24.7 Å². The molecular formula is C18H36F12. The predicted molar refractivity (Wildman–Crippen MR) is 101 cm³/mol. The lowest BCUT2D eigenvalue weighted by molar-refractivity contribution is -0.135. The van der Waals surface area contributed by atoms with Crippen molar-refractivity contribution in [1.29, 1.82) is 0 Å². The highest BCUT2D eigenvalue weighted by atomic mass is 19.4. The second kappa shape index (κ2) is 27.6. The van der Waals surface area contributed by atoms with Gasteiger partial charge in [-0.15, -0.1) is 26.3 Å². The van der Waals surface area contributed by atoms with Crippen molar-refractivity contribution in [2.45, 2.75) is 92.9 Å². The van der Waals surface area contributed by atoms with Crippen molar-refractivity contribution in [3.8, 4) is 0 Å². The second-order valence-electron chi connectivity index (χ2n) is 4.29. The zero-order valence-electron chi connectivity index (χ0n) is 16.2. The molecule has 0 rings (SSSR count). The minimum absolute atomic E-state index is 0. The molecule has 0 aliphatic carbocycles. The van der Waals surface area contributed by atoms with Gasteiger partial charge in [-0.3, -0.25) is 0 Å². The van der Waals surface area contributed by atoms with E-state index < -0.39 is 37.5 Å². The first-order valence-corrected chi connectivity index (χ1v) is 7.39. The fraction of sp³-hybridized carbons (Fsp3) is 0.778. The van der Waals surface area contributed by atoms with Crippen LogP contribution in [0.4, 0.5) is 52.7 Å². The molecule has 30 heavy (non-hydrogen) atoms. The maximum absolute atomic E-state index is 11.1. The summed E-state index contributed by atoms with van der Waals surface area (Å²) in [5.74, 6) is 0. The molecule has 12 heteroatoms. The Morgan fingerprint density at radius 1 is 0.467 bits per heavy atom. The van der Waals surface area contributed by atoms with Crippen LogP contribution in [-0.2, 0) is 0 Å². The molecule has 0 saturated carbocycles. The van der Waals surface area contributed by atoms with Crippen molar-refractivity contribution in [3.63, 3.8) is 0 Å². The predicted octanol–water partition coefficient (Wildman–Crippen LogP) is 10.7. The van der Waals surface area contributed by atoms with Crippen molar-refractivity contribution in [3.05, 3.63) is 26.3 Å². The minimum atomic E-state index is -4.00. The molecule has 192 valence electrons. The topological polar surface area (TPSA) is 0 Å². The number of halogens is 12. The van der Waals surface area contributed by atoms with Gasteiger partial charge >= 0.3 is 24.7 Å². The molecule has 0 nitrogen and oxygen atoms in total. The van der Waals surface area contributed by atoms with Gasteiger partial charge in [0.05, 0.1) is 0 Å². The van der Waals surface area contributed by atoms with Gasteiger partial charge in [-0.05, 0) is 12.8 Å². The molecule has 0 saturated heterocycles. The SMILES string of the molecule is C.C.C=C.C=C.CC(F)(F)F.CC(F)(F)F.CCCC(F)(F)F.CCCC(F)(F)F. The van der Waals surface area contributed by atoms with Crippen molar-refractivity contribution in [2.75, 3.05) is 0 Å². The molecule has 0 aliphatic heterocycles. The van der Waals surface area contributed by atoms with Gasteiger partial charge in [0.2, 0.25) is 0 Å². The van der Waals surface area contributed by atoms with Crippen LogP contribution in [0, 0.1) is 0 Å². The highest BCUT2D eigenvalue weighted by Crippen LogP contribution is 2.20. The van der Waals surface area contributed by atoms with Crippen LogP contribution in [0.15, 0.2) is 26.3 Å². The fourth-order valence-corrected chi connectivity index (χ4v) is 0.567. The average molecular weight is 480 g/mol. The van der Waals surface area contributed by atoms with Gasteiger partial charge in [-0.2, -0.15) is 52.7 Å². The summed E-state index contributed by atoms with van der Waals surface area (Å²) >= 11 is 0. The third-order valence-corrected chi connectivity index (χ3v) is 1.07. The smallest absolute Gasteiger partial charge is 0.172 e. The molecule has 0 fully saturated rings. The van der Waals surface area contributed by atoms with Gasteiger partial charge in [0.1, 0.15) is 0 Å². The Kier molecular flexibility index (Phi) is 47.3. The largest absolute Gasteiger partial charge is 0.389 e. The third-order valence-electron chi connectivity index (χ3n) is 1.07. The van der Waals surface area contributed by atoms with Gasteiger partial charge in [-0.1, -0.05) is 28.7 Å². The van der Waals surface area contributed by atoms with Crippen LogP contribution in [0.2, 0.25) is 0 Å². The molecule has 0 heterocycles. The minimum Gasteiger partial charge on any atom is -0.172 e. The van der Waals surface area contributed by atoms with E-state index in [0.717, 1.165) is 0 Å². The average Bonchev–Trinajstić information content (AvgIpc) is 2.37. The third kappa shape index (κ3) is 397. The molecular weight excluding hydrogens is 444 g/mol. The van der Waals surface area contributed by atoms with Crippen molar-refractivity contribution in [1.82, 2.24) is 0 Å². The monoisotopic (exact) mass is 480 g/mol. The van der Waals surface area contributed by atoms with E-state index in [1.165, 1.54) is 13.8 Å². The van der Waals surface area contributed by atoms with Crippen LogP contribution in [0.3, 0.4) is 0 Å². The normalized spacial score (nSPS) is 9.87. The van der Waals surface area contributed by atoms with E-state index in [1.54, 1.807) is 0 Å². The summed E-state index contributed by atoms with van der Waals surface area (Å²) < 4.78 is 128. The van der Waals surface area contributed by atoms with E-state index in [1.807, 2.05) is 0 Å². The highest BCUT2D eigenvalue weighted by Gasteiger charge is 2.25. The van der Waals surface area contributed by atoms with Crippen LogP contribution in [0.5, 0.6) is 0 Å². The summed E-state index contributed by atoms with van der Waals surface area (Å²) in [6, 6.07) is 0. The lowest BCUT2D eigenvalue weighted by atomic mass is 10.3. The maximum atomic E-state index is 11.1. The summed E-state index contributed by atoms with van der Waals surface area (Å²) in [6.45, 7) is 15.4. The summed E-state index contributed by atoms with van der Waals surface area (Å²) in [5, 5.41) is 0. The first-order chi connectivity index (χ1) is 12.1. The first-order valence-electron chi connectivity index (χ1n) is 7.39. The lowest BCUT2D eigenvalue weighted by Crippen LogP contribution is -2.04. The second-order valence-corrected chi connectivity index (χ2v) is 4.29. The van der Waals surface area contributed by atoms with E-state index in [0.29, 0.717) is 0 Å². The molecule has 0 aliphatic rings. The standard InChI is InChI=1S/2C4H7F3.2C2H3F3.2C2H4.2CH4/c2*1-2-3-4(5,6)7;2*1-2(3,4)5;2*1-2;;/h2*2-3H2,1H3;2*1H3;2*1-2H2;2*1H4. The number of alkyl halides is 12. The molecule has 0 spiro atoms. The lowest BCUT2D eigenvalue weighted by Gasteiger charge is -2.00. The van der Waals surface area contributed by atoms with E-state index in [9.17, 15) is 52.7 Å². The van der Waals surface area contributed by atoms with E-state index in [-0.39, 0.29) is 41.5 Å². The van der Waals surface area contributed by atoms with Gasteiger partial charge in [0, 0.05) is 26.7 Å². The maximum Gasteiger partial charge on any atom is 0.389 e. The first kappa shape index (κ1) is 51.4. The Hall–Kier alpha value is -1.36. The van der Waals surface area contributed by atoms with Crippen molar-refractivity contribution >= 4 is 0 Å². The van der Waals surface area contributed by atoms with Gasteiger partial charge in [0.15, 0.2) is 0 Å². The van der Waals surface area contributed by atoms with Crippen LogP contribution in [0.1, 0.15) is 68.2 Å². The summed E-state index contributed by atoms with van der Waals surface area (Å²) in [6.07, 6.45) is -16.9. The molecule has 0 aromatic rings. The van der Waals surface area contributed by atoms with Crippen LogP contribution < -0.4 is 0 Å². The Morgan fingerprint density at radius 3 is 0.567 bits per heavy atom. The zero-order chi connectivity index (χ0) is 24.8. The number of rotatable bonds is 2. The van der Waals surface area contributed by atoms with Crippen LogP contribution >= 0.6 is 0 Å². The Bertz CT molecular complexity index is 244. The Labute approximate surface area is 173 Å².